The largest absolute Gasteiger partial charge is 0.464 e. The molecular weight excluding hydrogens is 417 g/mol. The average Bonchev–Trinajstić information content (AvgIpc) is 3.13. The molecule has 148 valence electrons. The molecule has 3 rings (SSSR count). The van der Waals surface area contributed by atoms with Crippen LogP contribution in [-0.2, 0) is 9.53 Å². The number of carbonyl (C=O) groups is 2. The lowest BCUT2D eigenvalue weighted by molar-refractivity contribution is -0.148. The Bertz CT molecular complexity index is 861. The highest BCUT2D eigenvalue weighted by Crippen LogP contribution is 2.43. The van der Waals surface area contributed by atoms with Gasteiger partial charge in [0.05, 0.1) is 17.2 Å². The fraction of sp³-hybridized carbons (Fsp3) is 0.333. The summed E-state index contributed by atoms with van der Waals surface area (Å²) < 4.78 is 5.42. The third kappa shape index (κ3) is 4.65. The van der Waals surface area contributed by atoms with Gasteiger partial charge in [-0.05, 0) is 36.2 Å². The van der Waals surface area contributed by atoms with Crippen molar-refractivity contribution in [1.29, 1.82) is 0 Å². The lowest BCUT2D eigenvalue weighted by Crippen LogP contribution is -2.44. The van der Waals surface area contributed by atoms with Crippen molar-refractivity contribution in [2.45, 2.75) is 31.2 Å². The minimum absolute atomic E-state index is 0.294. The summed E-state index contributed by atoms with van der Waals surface area (Å²) in [5.41, 5.74) is 1.23. The van der Waals surface area contributed by atoms with Crippen molar-refractivity contribution >= 4 is 46.8 Å². The Balaban J connectivity index is 1.93. The number of halogens is 2. The van der Waals surface area contributed by atoms with Gasteiger partial charge in [0.2, 0.25) is 0 Å². The molecule has 2 aromatic carbocycles. The van der Waals surface area contributed by atoms with Gasteiger partial charge >= 0.3 is 5.97 Å². The molecule has 1 heterocycles. The first kappa shape index (κ1) is 21.0. The summed E-state index contributed by atoms with van der Waals surface area (Å²) in [6.45, 7) is 2.38. The van der Waals surface area contributed by atoms with Crippen LogP contribution in [0.15, 0.2) is 48.5 Å². The maximum atomic E-state index is 13.4. The molecule has 2 unspecified atom stereocenters. The van der Waals surface area contributed by atoms with E-state index in [1.165, 1.54) is 11.8 Å². The minimum Gasteiger partial charge on any atom is -0.464 e. The number of benzene rings is 2. The van der Waals surface area contributed by atoms with Crippen molar-refractivity contribution in [3.8, 4) is 0 Å². The topological polar surface area (TPSA) is 46.6 Å². The Kier molecular flexibility index (Phi) is 7.27. The van der Waals surface area contributed by atoms with Crippen LogP contribution >= 0.6 is 35.0 Å². The fourth-order valence-electron chi connectivity index (χ4n) is 3.04. The standard InChI is InChI=1S/C21H21Cl2NO3S/c1-2-3-11-27-21(26)18-13-28-20(14-7-6-8-15(22)12-14)24(18)19(25)16-9-4-5-10-17(16)23/h4-10,12,18,20H,2-3,11,13H2,1H3. The van der Waals surface area contributed by atoms with Gasteiger partial charge in [0.15, 0.2) is 0 Å². The van der Waals surface area contributed by atoms with Crippen LogP contribution in [0.1, 0.15) is 41.1 Å². The van der Waals surface area contributed by atoms with Crippen LogP contribution in [0.3, 0.4) is 0 Å². The molecule has 1 aliphatic rings. The van der Waals surface area contributed by atoms with Crippen LogP contribution < -0.4 is 0 Å². The fourth-order valence-corrected chi connectivity index (χ4v) is 4.86. The van der Waals surface area contributed by atoms with Gasteiger partial charge in [0, 0.05) is 10.8 Å². The SMILES string of the molecule is CCCCOC(=O)C1CSC(c2cccc(Cl)c2)N1C(=O)c1ccccc1Cl. The lowest BCUT2D eigenvalue weighted by atomic mass is 10.1. The third-order valence-corrected chi connectivity index (χ3v) is 6.38. The molecule has 7 heteroatoms. The molecule has 0 bridgehead atoms. The predicted molar refractivity (Wildman–Crippen MR) is 114 cm³/mol. The predicted octanol–water partition coefficient (Wildman–Crippen LogP) is 5.59. The summed E-state index contributed by atoms with van der Waals surface area (Å²) in [6.07, 6.45) is 1.72. The molecule has 1 fully saturated rings. The second-order valence-corrected chi connectivity index (χ2v) is 8.43. The highest BCUT2D eigenvalue weighted by Gasteiger charge is 2.43. The van der Waals surface area contributed by atoms with Gasteiger partial charge in [-0.15, -0.1) is 11.8 Å². The van der Waals surface area contributed by atoms with Crippen LogP contribution in [0.5, 0.6) is 0 Å². The van der Waals surface area contributed by atoms with Gasteiger partial charge in [-0.25, -0.2) is 4.79 Å². The molecule has 1 amide bonds. The molecule has 4 nitrogen and oxygen atoms in total. The van der Waals surface area contributed by atoms with Crippen molar-refractivity contribution in [3.63, 3.8) is 0 Å². The van der Waals surface area contributed by atoms with Gasteiger partial charge in [-0.2, -0.15) is 0 Å². The first-order valence-electron chi connectivity index (χ1n) is 9.13. The molecule has 2 aromatic rings. The number of carbonyl (C=O) groups excluding carboxylic acids is 2. The van der Waals surface area contributed by atoms with Gasteiger partial charge in [-0.1, -0.05) is 60.8 Å². The summed E-state index contributed by atoms with van der Waals surface area (Å²) in [4.78, 5) is 27.7. The molecule has 28 heavy (non-hydrogen) atoms. The van der Waals surface area contributed by atoms with E-state index in [-0.39, 0.29) is 17.3 Å². The molecule has 0 aliphatic carbocycles. The lowest BCUT2D eigenvalue weighted by Gasteiger charge is -2.29. The van der Waals surface area contributed by atoms with Crippen LogP contribution in [-0.4, -0.2) is 35.2 Å². The van der Waals surface area contributed by atoms with Crippen LogP contribution in [0.4, 0.5) is 0 Å². The number of amides is 1. The van der Waals surface area contributed by atoms with Crippen molar-refractivity contribution in [3.05, 3.63) is 69.7 Å². The zero-order chi connectivity index (χ0) is 20.1. The number of thioether (sulfide) groups is 1. The van der Waals surface area contributed by atoms with Crippen LogP contribution in [0.25, 0.3) is 0 Å². The normalized spacial score (nSPS) is 18.9. The Morgan fingerprint density at radius 1 is 1.18 bits per heavy atom. The number of hydrogen-bond acceptors (Lipinski definition) is 4. The second kappa shape index (κ2) is 9.68. The van der Waals surface area contributed by atoms with E-state index in [4.69, 9.17) is 27.9 Å². The van der Waals surface area contributed by atoms with Gasteiger partial charge < -0.3 is 9.64 Å². The van der Waals surface area contributed by atoms with Crippen LogP contribution in [0.2, 0.25) is 10.0 Å². The van der Waals surface area contributed by atoms with Crippen molar-refractivity contribution in [2.24, 2.45) is 0 Å². The number of unbranched alkanes of at least 4 members (excludes halogenated alkanes) is 1. The molecular formula is C21H21Cl2NO3S. The van der Waals surface area contributed by atoms with Crippen molar-refractivity contribution in [2.75, 3.05) is 12.4 Å². The van der Waals surface area contributed by atoms with E-state index < -0.39 is 6.04 Å². The Labute approximate surface area is 179 Å². The van der Waals surface area contributed by atoms with Gasteiger partial charge in [0.25, 0.3) is 5.91 Å². The summed E-state index contributed by atoms with van der Waals surface area (Å²) in [5.74, 6) is -0.220. The maximum absolute atomic E-state index is 13.4. The number of rotatable bonds is 6. The molecule has 0 saturated carbocycles. The second-order valence-electron chi connectivity index (χ2n) is 6.47. The number of nitrogens with zero attached hydrogens (tertiary/aromatic N) is 1. The Morgan fingerprint density at radius 2 is 1.96 bits per heavy atom. The number of ether oxygens (including phenoxy) is 1. The molecule has 1 aliphatic heterocycles. The zero-order valence-electron chi connectivity index (χ0n) is 15.4. The summed E-state index contributed by atoms with van der Waals surface area (Å²) in [6, 6.07) is 13.5. The van der Waals surface area contributed by atoms with E-state index in [0.29, 0.717) is 28.0 Å². The summed E-state index contributed by atoms with van der Waals surface area (Å²) >= 11 is 13.9. The highest BCUT2D eigenvalue weighted by atomic mass is 35.5. The van der Waals surface area contributed by atoms with Crippen LogP contribution in [0, 0.1) is 0 Å². The molecule has 0 spiro atoms. The monoisotopic (exact) mass is 437 g/mol. The first-order chi connectivity index (χ1) is 13.5. The smallest absolute Gasteiger partial charge is 0.329 e. The van der Waals surface area contributed by atoms with Crippen molar-refractivity contribution in [1.82, 2.24) is 4.90 Å². The quantitative estimate of drug-likeness (QED) is 0.436. The van der Waals surface area contributed by atoms with Crippen molar-refractivity contribution < 1.29 is 14.3 Å². The average molecular weight is 438 g/mol. The Morgan fingerprint density at radius 3 is 2.68 bits per heavy atom. The number of esters is 1. The van der Waals surface area contributed by atoms with E-state index in [9.17, 15) is 9.59 Å². The third-order valence-electron chi connectivity index (χ3n) is 4.49. The molecule has 1 saturated heterocycles. The van der Waals surface area contributed by atoms with Gasteiger partial charge in [0.1, 0.15) is 11.4 Å². The molecule has 0 radical (unpaired) electrons. The minimum atomic E-state index is -0.672. The molecule has 2 atom stereocenters. The zero-order valence-corrected chi connectivity index (χ0v) is 17.8. The Hall–Kier alpha value is -1.69. The van der Waals surface area contributed by atoms with E-state index in [1.807, 2.05) is 25.1 Å². The van der Waals surface area contributed by atoms with E-state index in [0.717, 1.165) is 18.4 Å². The first-order valence-corrected chi connectivity index (χ1v) is 10.9. The number of hydrogen-bond donors (Lipinski definition) is 0. The van der Waals surface area contributed by atoms with E-state index >= 15 is 0 Å². The molecule has 0 aromatic heterocycles. The molecule has 0 N–H and O–H groups in total. The van der Waals surface area contributed by atoms with Gasteiger partial charge in [-0.3, -0.25) is 4.79 Å². The summed E-state index contributed by atoms with van der Waals surface area (Å²) in [5, 5.41) is 0.593. The van der Waals surface area contributed by atoms with E-state index in [1.54, 1.807) is 35.2 Å². The maximum Gasteiger partial charge on any atom is 0.329 e. The van der Waals surface area contributed by atoms with E-state index in [2.05, 4.69) is 0 Å². The highest BCUT2D eigenvalue weighted by molar-refractivity contribution is 7.99. The summed E-state index contributed by atoms with van der Waals surface area (Å²) in [7, 11) is 0.